The summed E-state index contributed by atoms with van der Waals surface area (Å²) >= 11 is 5.31. The largest absolute Gasteiger partial charge is 0.493 e. The highest BCUT2D eigenvalue weighted by atomic mass is 32.2. The highest BCUT2D eigenvalue weighted by molar-refractivity contribution is 7.92. The van der Waals surface area contributed by atoms with Crippen molar-refractivity contribution < 1.29 is 17.9 Å². The fourth-order valence-electron chi connectivity index (χ4n) is 4.39. The minimum atomic E-state index is -3.69. The molecule has 0 bridgehead atoms. The van der Waals surface area contributed by atoms with Gasteiger partial charge in [0.05, 0.1) is 17.2 Å². The number of anilines is 2. The first-order chi connectivity index (χ1) is 18.9. The van der Waals surface area contributed by atoms with Gasteiger partial charge in [-0.15, -0.1) is 0 Å². The van der Waals surface area contributed by atoms with Gasteiger partial charge in [0.1, 0.15) is 5.75 Å². The number of carbonyl (C=O) groups excluding carboxylic acids is 1. The number of benzene rings is 4. The summed E-state index contributed by atoms with van der Waals surface area (Å²) in [6, 6.07) is 30.7. The van der Waals surface area contributed by atoms with Gasteiger partial charge >= 0.3 is 0 Å². The van der Waals surface area contributed by atoms with Crippen LogP contribution in [0.5, 0.6) is 5.75 Å². The number of sulfonamides is 1. The van der Waals surface area contributed by atoms with Crippen LogP contribution in [-0.2, 0) is 22.9 Å². The van der Waals surface area contributed by atoms with Crippen LogP contribution in [0.25, 0.3) is 0 Å². The molecule has 0 aliphatic carbocycles. The Morgan fingerprint density at radius 2 is 1.64 bits per heavy atom. The van der Waals surface area contributed by atoms with Gasteiger partial charge in [-0.3, -0.25) is 14.4 Å². The van der Waals surface area contributed by atoms with Crippen LogP contribution in [0.3, 0.4) is 0 Å². The van der Waals surface area contributed by atoms with E-state index in [1.165, 1.54) is 22.0 Å². The number of fused-ring (bicyclic) bond motifs is 1. The number of hydrogen-bond donors (Lipinski definition) is 2. The Morgan fingerprint density at radius 3 is 2.44 bits per heavy atom. The molecule has 7 nitrogen and oxygen atoms in total. The predicted molar refractivity (Wildman–Crippen MR) is 157 cm³/mol. The monoisotopic (exact) mass is 557 g/mol. The number of rotatable bonds is 8. The van der Waals surface area contributed by atoms with Gasteiger partial charge in [0.25, 0.3) is 15.9 Å². The van der Waals surface area contributed by atoms with Crippen LogP contribution in [0, 0.1) is 0 Å². The van der Waals surface area contributed by atoms with E-state index in [0.29, 0.717) is 42.3 Å². The number of thiocarbonyl (C=S) groups is 1. The van der Waals surface area contributed by atoms with Crippen molar-refractivity contribution in [2.75, 3.05) is 22.8 Å². The van der Waals surface area contributed by atoms with Crippen LogP contribution in [0.4, 0.5) is 11.4 Å². The summed E-state index contributed by atoms with van der Waals surface area (Å²) in [5, 5.41) is 5.68. The van der Waals surface area contributed by atoms with E-state index in [4.69, 9.17) is 17.0 Å². The van der Waals surface area contributed by atoms with Crippen molar-refractivity contribution in [3.05, 3.63) is 120 Å². The second-order valence-electron chi connectivity index (χ2n) is 9.00. The van der Waals surface area contributed by atoms with E-state index in [-0.39, 0.29) is 15.9 Å². The van der Waals surface area contributed by atoms with Crippen molar-refractivity contribution in [2.24, 2.45) is 0 Å². The standard InChI is InChI=1S/C30H27N3O4S2/c34-29(24-10-6-11-26(21-24)37-20-18-22-7-2-1-3-8-22)32-30(38)31-25-13-15-27(16-14-25)39(35,36)33-19-17-23-9-4-5-12-28(23)33/h1-16,21H,17-20H2,(H2,31,32,34,38). The maximum Gasteiger partial charge on any atom is 0.264 e. The van der Waals surface area contributed by atoms with Crippen LogP contribution < -0.4 is 19.7 Å². The molecule has 0 radical (unpaired) electrons. The molecule has 0 unspecified atom stereocenters. The van der Waals surface area contributed by atoms with Crippen LogP contribution in [0.1, 0.15) is 21.5 Å². The number of ether oxygens (including phenoxy) is 1. The second-order valence-corrected chi connectivity index (χ2v) is 11.3. The van der Waals surface area contributed by atoms with Gasteiger partial charge in [-0.25, -0.2) is 8.42 Å². The van der Waals surface area contributed by atoms with E-state index < -0.39 is 10.0 Å². The highest BCUT2D eigenvalue weighted by Gasteiger charge is 2.30. The van der Waals surface area contributed by atoms with Crippen molar-refractivity contribution in [1.29, 1.82) is 0 Å². The van der Waals surface area contributed by atoms with Gasteiger partial charge in [0, 0.05) is 24.2 Å². The number of nitrogens with zero attached hydrogens (tertiary/aromatic N) is 1. The summed E-state index contributed by atoms with van der Waals surface area (Å²) in [7, 11) is -3.69. The van der Waals surface area contributed by atoms with E-state index in [9.17, 15) is 13.2 Å². The average molecular weight is 558 g/mol. The quantitative estimate of drug-likeness (QED) is 0.290. The second kappa shape index (κ2) is 11.7. The zero-order valence-corrected chi connectivity index (χ0v) is 22.7. The van der Waals surface area contributed by atoms with E-state index in [1.807, 2.05) is 54.6 Å². The third-order valence-electron chi connectivity index (χ3n) is 6.37. The number of para-hydroxylation sites is 1. The van der Waals surface area contributed by atoms with E-state index in [2.05, 4.69) is 10.6 Å². The molecule has 0 fully saturated rings. The molecule has 0 aromatic heterocycles. The molecule has 1 amide bonds. The van der Waals surface area contributed by atoms with Crippen molar-refractivity contribution in [2.45, 2.75) is 17.7 Å². The molecule has 1 aliphatic heterocycles. The van der Waals surface area contributed by atoms with Gasteiger partial charge in [-0.05, 0) is 78.3 Å². The molecule has 198 valence electrons. The van der Waals surface area contributed by atoms with Crippen molar-refractivity contribution in [3.8, 4) is 5.75 Å². The number of carbonyl (C=O) groups is 1. The maximum atomic E-state index is 13.2. The molecule has 0 spiro atoms. The number of hydrogen-bond acceptors (Lipinski definition) is 5. The third kappa shape index (κ3) is 6.27. The molecule has 1 heterocycles. The molecule has 39 heavy (non-hydrogen) atoms. The molecule has 4 aromatic rings. The van der Waals surface area contributed by atoms with Gasteiger partial charge < -0.3 is 10.1 Å². The molecule has 4 aromatic carbocycles. The molecule has 2 N–H and O–H groups in total. The van der Waals surface area contributed by atoms with Crippen LogP contribution in [-0.4, -0.2) is 32.6 Å². The fourth-order valence-corrected chi connectivity index (χ4v) is 6.11. The van der Waals surface area contributed by atoms with E-state index in [1.54, 1.807) is 36.4 Å². The Kier molecular flexibility index (Phi) is 7.90. The van der Waals surface area contributed by atoms with Crippen LogP contribution in [0.2, 0.25) is 0 Å². The topological polar surface area (TPSA) is 87.7 Å². The number of nitrogens with one attached hydrogen (secondary N) is 2. The first-order valence-corrected chi connectivity index (χ1v) is 14.3. The Bertz CT molecular complexity index is 1590. The Morgan fingerprint density at radius 1 is 0.897 bits per heavy atom. The zero-order valence-electron chi connectivity index (χ0n) is 21.0. The summed E-state index contributed by atoms with van der Waals surface area (Å²) in [5.74, 6) is 0.211. The summed E-state index contributed by atoms with van der Waals surface area (Å²) in [6.45, 7) is 0.905. The lowest BCUT2D eigenvalue weighted by atomic mass is 10.2. The fraction of sp³-hybridized carbons (Fsp3) is 0.133. The lowest BCUT2D eigenvalue weighted by Crippen LogP contribution is -2.34. The minimum Gasteiger partial charge on any atom is -0.493 e. The highest BCUT2D eigenvalue weighted by Crippen LogP contribution is 2.32. The van der Waals surface area contributed by atoms with Crippen molar-refractivity contribution in [3.63, 3.8) is 0 Å². The van der Waals surface area contributed by atoms with Gasteiger partial charge in [0.15, 0.2) is 5.11 Å². The summed E-state index contributed by atoms with van der Waals surface area (Å²) < 4.78 is 33.7. The van der Waals surface area contributed by atoms with Crippen LogP contribution in [0.15, 0.2) is 108 Å². The van der Waals surface area contributed by atoms with Gasteiger partial charge in [0.2, 0.25) is 0 Å². The summed E-state index contributed by atoms with van der Waals surface area (Å²) in [5.41, 5.74) is 3.87. The predicted octanol–water partition coefficient (Wildman–Crippen LogP) is 5.19. The zero-order chi connectivity index (χ0) is 27.2. The molecular formula is C30H27N3O4S2. The van der Waals surface area contributed by atoms with Crippen molar-refractivity contribution in [1.82, 2.24) is 5.32 Å². The Balaban J connectivity index is 1.16. The smallest absolute Gasteiger partial charge is 0.264 e. The molecule has 9 heteroatoms. The Hall–Kier alpha value is -4.21. The minimum absolute atomic E-state index is 0.0967. The molecular weight excluding hydrogens is 530 g/mol. The van der Waals surface area contributed by atoms with Crippen molar-refractivity contribution >= 4 is 44.6 Å². The van der Waals surface area contributed by atoms with Gasteiger partial charge in [-0.2, -0.15) is 0 Å². The van der Waals surface area contributed by atoms with Gasteiger partial charge in [-0.1, -0.05) is 54.6 Å². The van der Waals surface area contributed by atoms with E-state index >= 15 is 0 Å². The lowest BCUT2D eigenvalue weighted by molar-refractivity contribution is 0.0977. The molecule has 0 saturated heterocycles. The first kappa shape index (κ1) is 26.4. The number of amides is 1. The molecule has 1 aliphatic rings. The first-order valence-electron chi connectivity index (χ1n) is 12.5. The molecule has 0 atom stereocenters. The summed E-state index contributed by atoms with van der Waals surface area (Å²) in [6.07, 6.45) is 1.45. The molecule has 0 saturated carbocycles. The van der Waals surface area contributed by atoms with E-state index in [0.717, 1.165) is 12.0 Å². The van der Waals surface area contributed by atoms with Crippen LogP contribution >= 0.6 is 12.2 Å². The average Bonchev–Trinajstić information content (AvgIpc) is 3.39. The lowest BCUT2D eigenvalue weighted by Gasteiger charge is -2.19. The third-order valence-corrected chi connectivity index (χ3v) is 8.40. The molecule has 5 rings (SSSR count). The maximum absolute atomic E-state index is 13.2. The SMILES string of the molecule is O=C(NC(=S)Nc1ccc(S(=O)(=O)N2CCc3ccccc32)cc1)c1cccc(OCCc2ccccc2)c1. The Labute approximate surface area is 233 Å². The summed E-state index contributed by atoms with van der Waals surface area (Å²) in [4.78, 5) is 12.9. The normalized spacial score (nSPS) is 12.5.